The molecule has 0 aromatic heterocycles. The monoisotopic (exact) mass is 584 g/mol. The van der Waals surface area contributed by atoms with Crippen LogP contribution in [0.25, 0.3) is 0 Å². The highest BCUT2D eigenvalue weighted by atomic mass is 32.2. The molecule has 4 aromatic carbocycles. The van der Waals surface area contributed by atoms with Crippen LogP contribution in [0, 0.1) is 0 Å². The summed E-state index contributed by atoms with van der Waals surface area (Å²) in [7, 11) is -3.54. The fraction of sp³-hybridized carbons (Fsp3) is 0.156. The average molecular weight is 585 g/mol. The second-order valence-electron chi connectivity index (χ2n) is 9.56. The lowest BCUT2D eigenvalue weighted by molar-refractivity contribution is -0.123. The molecule has 216 valence electrons. The molecule has 0 bridgehead atoms. The number of benzene rings is 4. The van der Waals surface area contributed by atoms with Crippen LogP contribution in [-0.2, 0) is 21.4 Å². The Morgan fingerprint density at radius 1 is 0.881 bits per heavy atom. The van der Waals surface area contributed by atoms with Gasteiger partial charge in [0.25, 0.3) is 11.8 Å². The molecule has 0 spiro atoms. The van der Waals surface area contributed by atoms with Gasteiger partial charge in [-0.15, -0.1) is 0 Å². The summed E-state index contributed by atoms with van der Waals surface area (Å²) in [4.78, 5) is 24.8. The van der Waals surface area contributed by atoms with Crippen LogP contribution in [0.4, 0.5) is 5.69 Å². The summed E-state index contributed by atoms with van der Waals surface area (Å²) >= 11 is 0. The number of sulfonamides is 1. The molecule has 2 N–H and O–H groups in total. The summed E-state index contributed by atoms with van der Waals surface area (Å²) in [6.45, 7) is 1.97. The van der Waals surface area contributed by atoms with Crippen molar-refractivity contribution in [2.24, 2.45) is 5.10 Å². The van der Waals surface area contributed by atoms with Crippen LogP contribution in [0.1, 0.15) is 40.0 Å². The van der Waals surface area contributed by atoms with Crippen molar-refractivity contribution in [1.29, 1.82) is 0 Å². The topological polar surface area (TPSA) is 117 Å². The summed E-state index contributed by atoms with van der Waals surface area (Å²) < 4.78 is 31.7. The second-order valence-corrected chi connectivity index (χ2v) is 11.5. The van der Waals surface area contributed by atoms with E-state index in [1.54, 1.807) is 48.5 Å². The molecule has 0 heterocycles. The number of hydrogen-bond acceptors (Lipinski definition) is 6. The first-order valence-corrected chi connectivity index (χ1v) is 15.1. The first-order valence-electron chi connectivity index (χ1n) is 13.2. The molecule has 0 saturated heterocycles. The standard InChI is InChI=1S/C32H32N4O5S/c1-24(27-11-7-4-8-12-27)34-31(37)23-41-30-19-13-25(14-20-30)21-33-35-32(38)28-15-17-29(18-16-28)36(42(2,39)40)22-26-9-5-3-6-10-26/h3-21,24H,22-23H2,1-2H3,(H,34,37)(H,35,38)/b33-21-/t24-/m0/s1. The van der Waals surface area contributed by atoms with Crippen LogP contribution in [0.3, 0.4) is 0 Å². The predicted molar refractivity (Wildman–Crippen MR) is 164 cm³/mol. The molecule has 1 atom stereocenters. The third kappa shape index (κ3) is 8.77. The lowest BCUT2D eigenvalue weighted by Gasteiger charge is -2.22. The molecule has 0 aliphatic carbocycles. The molecule has 0 fully saturated rings. The van der Waals surface area contributed by atoms with Crippen molar-refractivity contribution < 1.29 is 22.7 Å². The van der Waals surface area contributed by atoms with Crippen molar-refractivity contribution in [3.63, 3.8) is 0 Å². The number of rotatable bonds is 12. The van der Waals surface area contributed by atoms with Gasteiger partial charge < -0.3 is 10.1 Å². The van der Waals surface area contributed by atoms with Gasteiger partial charge in [-0.1, -0.05) is 60.7 Å². The predicted octanol–water partition coefficient (Wildman–Crippen LogP) is 4.67. The first kappa shape index (κ1) is 30.0. The van der Waals surface area contributed by atoms with E-state index in [1.807, 2.05) is 67.6 Å². The van der Waals surface area contributed by atoms with E-state index >= 15 is 0 Å². The quantitative estimate of drug-likeness (QED) is 0.185. The van der Waals surface area contributed by atoms with Gasteiger partial charge in [0.05, 0.1) is 30.7 Å². The molecule has 4 aromatic rings. The van der Waals surface area contributed by atoms with Crippen LogP contribution in [0.5, 0.6) is 5.75 Å². The fourth-order valence-electron chi connectivity index (χ4n) is 4.07. The Morgan fingerprint density at radius 2 is 1.50 bits per heavy atom. The molecule has 42 heavy (non-hydrogen) atoms. The zero-order valence-electron chi connectivity index (χ0n) is 23.3. The maximum atomic E-state index is 12.6. The molecule has 4 rings (SSSR count). The van der Waals surface area contributed by atoms with Crippen molar-refractivity contribution in [2.45, 2.75) is 19.5 Å². The Bertz CT molecular complexity index is 1610. The summed E-state index contributed by atoms with van der Waals surface area (Å²) in [5.74, 6) is -0.149. The molecule has 10 heteroatoms. The van der Waals surface area contributed by atoms with Crippen LogP contribution < -0.4 is 19.8 Å². The lowest BCUT2D eigenvalue weighted by atomic mass is 10.1. The molecule has 0 radical (unpaired) electrons. The van der Waals surface area contributed by atoms with Gasteiger partial charge in [0.1, 0.15) is 5.75 Å². The van der Waals surface area contributed by atoms with Gasteiger partial charge >= 0.3 is 0 Å². The third-order valence-electron chi connectivity index (χ3n) is 6.29. The Kier molecular flexibility index (Phi) is 10.1. The number of nitrogens with one attached hydrogen (secondary N) is 2. The van der Waals surface area contributed by atoms with E-state index in [2.05, 4.69) is 15.8 Å². The van der Waals surface area contributed by atoms with Crippen molar-refractivity contribution in [2.75, 3.05) is 17.2 Å². The van der Waals surface area contributed by atoms with Crippen molar-refractivity contribution in [3.05, 3.63) is 131 Å². The Labute approximate surface area is 245 Å². The van der Waals surface area contributed by atoms with Gasteiger partial charge in [-0.3, -0.25) is 13.9 Å². The Morgan fingerprint density at radius 3 is 2.12 bits per heavy atom. The number of hydrogen-bond donors (Lipinski definition) is 2. The van der Waals surface area contributed by atoms with Crippen LogP contribution in [0.15, 0.2) is 114 Å². The molecule has 0 aliphatic rings. The summed E-state index contributed by atoms with van der Waals surface area (Å²) in [5, 5.41) is 6.90. The Hall–Kier alpha value is -4.96. The van der Waals surface area contributed by atoms with E-state index in [0.717, 1.165) is 17.4 Å². The number of amides is 2. The number of anilines is 1. The fourth-order valence-corrected chi connectivity index (χ4v) is 4.95. The number of hydrazone groups is 1. The zero-order valence-corrected chi connectivity index (χ0v) is 24.1. The second kappa shape index (κ2) is 14.1. The van der Waals surface area contributed by atoms with Gasteiger partial charge in [0.15, 0.2) is 6.61 Å². The minimum Gasteiger partial charge on any atom is -0.484 e. The van der Waals surface area contributed by atoms with E-state index in [-0.39, 0.29) is 25.1 Å². The molecule has 0 unspecified atom stereocenters. The molecule has 2 amide bonds. The van der Waals surface area contributed by atoms with Crippen molar-refractivity contribution >= 4 is 33.7 Å². The normalized spacial score (nSPS) is 12.0. The van der Waals surface area contributed by atoms with Gasteiger partial charge in [0, 0.05) is 5.56 Å². The number of nitrogens with zero attached hydrogens (tertiary/aromatic N) is 2. The molecule has 0 aliphatic heterocycles. The minimum atomic E-state index is -3.54. The van der Waals surface area contributed by atoms with Gasteiger partial charge in [-0.25, -0.2) is 13.8 Å². The van der Waals surface area contributed by atoms with E-state index in [1.165, 1.54) is 10.5 Å². The first-order chi connectivity index (χ1) is 20.2. The number of carbonyl (C=O) groups is 2. The summed E-state index contributed by atoms with van der Waals surface area (Å²) in [6, 6.07) is 32.0. The maximum absolute atomic E-state index is 12.6. The highest BCUT2D eigenvalue weighted by molar-refractivity contribution is 7.92. The van der Waals surface area contributed by atoms with E-state index in [9.17, 15) is 18.0 Å². The summed E-state index contributed by atoms with van der Waals surface area (Å²) in [5.41, 5.74) is 5.81. The smallest absolute Gasteiger partial charge is 0.271 e. The average Bonchev–Trinajstić information content (AvgIpc) is 3.00. The molecule has 0 saturated carbocycles. The van der Waals surface area contributed by atoms with Crippen LogP contribution in [0.2, 0.25) is 0 Å². The molecular weight excluding hydrogens is 552 g/mol. The van der Waals surface area contributed by atoms with Crippen LogP contribution in [-0.4, -0.2) is 39.3 Å². The number of ether oxygens (including phenoxy) is 1. The highest BCUT2D eigenvalue weighted by Gasteiger charge is 2.18. The zero-order chi connectivity index (χ0) is 30.0. The van der Waals surface area contributed by atoms with E-state index in [0.29, 0.717) is 22.6 Å². The Balaban J connectivity index is 1.26. The largest absolute Gasteiger partial charge is 0.484 e. The van der Waals surface area contributed by atoms with Gasteiger partial charge in [-0.05, 0) is 72.1 Å². The number of carbonyl (C=O) groups excluding carboxylic acids is 2. The lowest BCUT2D eigenvalue weighted by Crippen LogP contribution is -2.31. The van der Waals surface area contributed by atoms with Gasteiger partial charge in [-0.2, -0.15) is 5.10 Å². The molecule has 9 nitrogen and oxygen atoms in total. The van der Waals surface area contributed by atoms with E-state index in [4.69, 9.17) is 4.74 Å². The maximum Gasteiger partial charge on any atom is 0.271 e. The van der Waals surface area contributed by atoms with Gasteiger partial charge in [0.2, 0.25) is 10.0 Å². The van der Waals surface area contributed by atoms with E-state index < -0.39 is 15.9 Å². The third-order valence-corrected chi connectivity index (χ3v) is 7.43. The highest BCUT2D eigenvalue weighted by Crippen LogP contribution is 2.21. The van der Waals surface area contributed by atoms with Crippen LogP contribution >= 0.6 is 0 Å². The molecular formula is C32H32N4O5S. The SMILES string of the molecule is C[C@H](NC(=O)COc1ccc(/C=N\NC(=O)c2ccc(N(Cc3ccccc3)S(C)(=O)=O)cc2)cc1)c1ccccc1. The summed E-state index contributed by atoms with van der Waals surface area (Å²) in [6.07, 6.45) is 2.63. The van der Waals surface area contributed by atoms with Crippen molar-refractivity contribution in [3.8, 4) is 5.75 Å². The van der Waals surface area contributed by atoms with Crippen molar-refractivity contribution in [1.82, 2.24) is 10.7 Å². The minimum absolute atomic E-state index is 0.117.